The standard InChI is InChI=1S/C17H25N3O4/c1-5-19-11-12(8-9-14(19)21)18-16(23)20-10-6-7-13(20)15(22)24-17(2,3)4/h8-9,11,13H,5-7,10H2,1-4H3,(H,18,23)/t13-/m0/s1. The van der Waals surface area contributed by atoms with Crippen molar-refractivity contribution in [3.63, 3.8) is 0 Å². The SMILES string of the molecule is CCn1cc(NC(=O)N2CCC[C@H]2C(=O)OC(C)(C)C)ccc1=O. The molecule has 2 amide bonds. The Morgan fingerprint density at radius 2 is 2.04 bits per heavy atom. The summed E-state index contributed by atoms with van der Waals surface area (Å²) in [5.41, 5.74) is -0.182. The maximum Gasteiger partial charge on any atom is 0.329 e. The van der Waals surface area contributed by atoms with E-state index in [0.29, 0.717) is 25.2 Å². The number of hydrogen-bond acceptors (Lipinski definition) is 4. The van der Waals surface area contributed by atoms with Gasteiger partial charge >= 0.3 is 12.0 Å². The van der Waals surface area contributed by atoms with Gasteiger partial charge in [0.1, 0.15) is 11.6 Å². The Hall–Kier alpha value is -2.31. The number of rotatable bonds is 3. The molecule has 0 aliphatic carbocycles. The normalized spacial score (nSPS) is 17.7. The Kier molecular flexibility index (Phi) is 5.31. The molecule has 0 bridgehead atoms. The monoisotopic (exact) mass is 335 g/mol. The molecular weight excluding hydrogens is 310 g/mol. The van der Waals surface area contributed by atoms with Crippen molar-refractivity contribution in [1.82, 2.24) is 9.47 Å². The van der Waals surface area contributed by atoms with E-state index in [1.807, 2.05) is 6.92 Å². The van der Waals surface area contributed by atoms with E-state index in [1.165, 1.54) is 15.5 Å². The topological polar surface area (TPSA) is 80.6 Å². The van der Waals surface area contributed by atoms with Crippen LogP contribution in [0.5, 0.6) is 0 Å². The van der Waals surface area contributed by atoms with Crippen LogP contribution in [0.15, 0.2) is 23.1 Å². The number of amides is 2. The van der Waals surface area contributed by atoms with Crippen LogP contribution in [0.4, 0.5) is 10.5 Å². The highest BCUT2D eigenvalue weighted by molar-refractivity contribution is 5.92. The van der Waals surface area contributed by atoms with Gasteiger partial charge in [-0.05, 0) is 46.6 Å². The molecule has 24 heavy (non-hydrogen) atoms. The van der Waals surface area contributed by atoms with Crippen LogP contribution >= 0.6 is 0 Å². The van der Waals surface area contributed by atoms with E-state index in [4.69, 9.17) is 4.74 Å². The number of anilines is 1. The highest BCUT2D eigenvalue weighted by Gasteiger charge is 2.37. The number of carbonyl (C=O) groups excluding carboxylic acids is 2. The lowest BCUT2D eigenvalue weighted by Crippen LogP contribution is -2.45. The molecule has 2 rings (SSSR count). The van der Waals surface area contributed by atoms with Crippen LogP contribution in [0, 0.1) is 0 Å². The fraction of sp³-hybridized carbons (Fsp3) is 0.588. The van der Waals surface area contributed by atoms with Gasteiger partial charge < -0.3 is 19.5 Å². The largest absolute Gasteiger partial charge is 0.458 e. The van der Waals surface area contributed by atoms with Gasteiger partial charge in [0.2, 0.25) is 0 Å². The summed E-state index contributed by atoms with van der Waals surface area (Å²) < 4.78 is 6.90. The van der Waals surface area contributed by atoms with E-state index in [1.54, 1.807) is 33.0 Å². The van der Waals surface area contributed by atoms with Gasteiger partial charge in [-0.1, -0.05) is 0 Å². The van der Waals surface area contributed by atoms with Gasteiger partial charge in [0.25, 0.3) is 5.56 Å². The number of hydrogen-bond donors (Lipinski definition) is 1. The van der Waals surface area contributed by atoms with Crippen LogP contribution in [0.25, 0.3) is 0 Å². The minimum absolute atomic E-state index is 0.122. The summed E-state index contributed by atoms with van der Waals surface area (Å²) in [5.74, 6) is -0.381. The Morgan fingerprint density at radius 1 is 1.33 bits per heavy atom. The molecule has 2 heterocycles. The van der Waals surface area contributed by atoms with Crippen LogP contribution in [0.3, 0.4) is 0 Å². The lowest BCUT2D eigenvalue weighted by molar-refractivity contribution is -0.159. The number of aryl methyl sites for hydroxylation is 1. The number of urea groups is 1. The Labute approximate surface area is 141 Å². The van der Waals surface area contributed by atoms with Crippen molar-refractivity contribution in [3.8, 4) is 0 Å². The third-order valence-electron chi connectivity index (χ3n) is 3.77. The third kappa shape index (κ3) is 4.37. The molecule has 1 aliphatic heterocycles. The summed E-state index contributed by atoms with van der Waals surface area (Å²) in [6.07, 6.45) is 2.95. The molecule has 0 saturated carbocycles. The zero-order valence-corrected chi connectivity index (χ0v) is 14.7. The summed E-state index contributed by atoms with van der Waals surface area (Å²) in [4.78, 5) is 37.9. The van der Waals surface area contributed by atoms with Gasteiger partial charge in [-0.3, -0.25) is 4.79 Å². The molecule has 7 heteroatoms. The first-order chi connectivity index (χ1) is 11.2. The summed E-state index contributed by atoms with van der Waals surface area (Å²) in [7, 11) is 0. The fourth-order valence-corrected chi connectivity index (χ4v) is 2.67. The third-order valence-corrected chi connectivity index (χ3v) is 3.77. The van der Waals surface area contributed by atoms with Gasteiger partial charge in [0.15, 0.2) is 0 Å². The van der Waals surface area contributed by atoms with Crippen LogP contribution in [-0.2, 0) is 16.1 Å². The Bertz CT molecular complexity index is 675. The highest BCUT2D eigenvalue weighted by Crippen LogP contribution is 2.22. The fourth-order valence-electron chi connectivity index (χ4n) is 2.67. The number of likely N-dealkylation sites (tertiary alicyclic amines) is 1. The zero-order valence-electron chi connectivity index (χ0n) is 14.7. The first kappa shape index (κ1) is 18.0. The van der Waals surface area contributed by atoms with Gasteiger partial charge in [-0.25, -0.2) is 9.59 Å². The van der Waals surface area contributed by atoms with Crippen molar-refractivity contribution < 1.29 is 14.3 Å². The molecule has 1 aromatic rings. The second-order valence-electron chi connectivity index (χ2n) is 6.86. The van der Waals surface area contributed by atoms with Crippen molar-refractivity contribution in [2.24, 2.45) is 0 Å². The smallest absolute Gasteiger partial charge is 0.329 e. The molecule has 1 N–H and O–H groups in total. The molecule has 7 nitrogen and oxygen atoms in total. The van der Waals surface area contributed by atoms with Crippen molar-refractivity contribution in [1.29, 1.82) is 0 Å². The highest BCUT2D eigenvalue weighted by atomic mass is 16.6. The lowest BCUT2D eigenvalue weighted by atomic mass is 10.1. The van der Waals surface area contributed by atoms with Crippen LogP contribution in [0.1, 0.15) is 40.5 Å². The predicted molar refractivity (Wildman–Crippen MR) is 91.0 cm³/mol. The molecule has 1 atom stereocenters. The van der Waals surface area contributed by atoms with Crippen LogP contribution in [-0.4, -0.2) is 39.7 Å². The number of nitrogens with one attached hydrogen (secondary N) is 1. The Morgan fingerprint density at radius 3 is 2.67 bits per heavy atom. The molecular formula is C17H25N3O4. The predicted octanol–water partition coefficient (Wildman–Crippen LogP) is 2.21. The lowest BCUT2D eigenvalue weighted by Gasteiger charge is -2.27. The van der Waals surface area contributed by atoms with E-state index in [0.717, 1.165) is 6.42 Å². The average Bonchev–Trinajstić information content (AvgIpc) is 2.97. The number of aromatic nitrogens is 1. The van der Waals surface area contributed by atoms with E-state index < -0.39 is 11.6 Å². The molecule has 1 saturated heterocycles. The minimum Gasteiger partial charge on any atom is -0.458 e. The first-order valence-corrected chi connectivity index (χ1v) is 8.22. The van der Waals surface area contributed by atoms with Crippen molar-refractivity contribution >= 4 is 17.7 Å². The van der Waals surface area contributed by atoms with Gasteiger partial charge in [0.05, 0.1) is 5.69 Å². The van der Waals surface area contributed by atoms with Gasteiger partial charge in [-0.2, -0.15) is 0 Å². The number of carbonyl (C=O) groups is 2. The van der Waals surface area contributed by atoms with Gasteiger partial charge in [0, 0.05) is 25.4 Å². The number of nitrogens with zero attached hydrogens (tertiary/aromatic N) is 2. The van der Waals surface area contributed by atoms with Crippen molar-refractivity contribution in [2.75, 3.05) is 11.9 Å². The number of ether oxygens (including phenoxy) is 1. The second-order valence-corrected chi connectivity index (χ2v) is 6.86. The number of pyridine rings is 1. The molecule has 1 fully saturated rings. The zero-order chi connectivity index (χ0) is 17.9. The van der Waals surface area contributed by atoms with E-state index in [9.17, 15) is 14.4 Å². The maximum atomic E-state index is 12.5. The summed E-state index contributed by atoms with van der Waals surface area (Å²) in [6, 6.07) is 2.05. The van der Waals surface area contributed by atoms with E-state index in [-0.39, 0.29) is 17.6 Å². The minimum atomic E-state index is -0.585. The van der Waals surface area contributed by atoms with Crippen molar-refractivity contribution in [3.05, 3.63) is 28.7 Å². The van der Waals surface area contributed by atoms with Crippen LogP contribution < -0.4 is 10.9 Å². The molecule has 132 valence electrons. The quantitative estimate of drug-likeness (QED) is 0.859. The molecule has 0 unspecified atom stereocenters. The summed E-state index contributed by atoms with van der Waals surface area (Å²) in [5, 5.41) is 2.75. The second kappa shape index (κ2) is 7.07. The number of esters is 1. The molecule has 0 spiro atoms. The Balaban J connectivity index is 2.08. The van der Waals surface area contributed by atoms with Crippen LogP contribution in [0.2, 0.25) is 0 Å². The molecule has 1 aliphatic rings. The molecule has 0 radical (unpaired) electrons. The summed E-state index contributed by atoms with van der Waals surface area (Å²) in [6.45, 7) is 8.29. The average molecular weight is 335 g/mol. The maximum absolute atomic E-state index is 12.5. The molecule has 0 aromatic carbocycles. The van der Waals surface area contributed by atoms with E-state index in [2.05, 4.69) is 5.32 Å². The summed E-state index contributed by atoms with van der Waals surface area (Å²) >= 11 is 0. The van der Waals surface area contributed by atoms with Gasteiger partial charge in [-0.15, -0.1) is 0 Å². The molecule has 1 aromatic heterocycles. The van der Waals surface area contributed by atoms with Crippen molar-refractivity contribution in [2.45, 2.75) is 58.7 Å². The van der Waals surface area contributed by atoms with E-state index >= 15 is 0 Å². The first-order valence-electron chi connectivity index (χ1n) is 8.22.